The molecule has 5 atom stereocenters. The minimum Gasteiger partial charge on any atom is -0.394 e. The van der Waals surface area contributed by atoms with Gasteiger partial charge in [-0.15, -0.1) is 0 Å². The van der Waals surface area contributed by atoms with E-state index in [0.29, 0.717) is 0 Å². The molecule has 98 valence electrons. The SMILES string of the molecule is CC(=O)/C=C\N[C@H]1C(O)O[C@H](CO)[C@@H](O)[C@@H]1O. The number of carbonyl (C=O) groups is 1. The monoisotopic (exact) mass is 247 g/mol. The van der Waals surface area contributed by atoms with Crippen LogP contribution in [0.5, 0.6) is 0 Å². The fraction of sp³-hybridized carbons (Fsp3) is 0.700. The Hall–Kier alpha value is -0.990. The van der Waals surface area contributed by atoms with E-state index in [1.807, 2.05) is 0 Å². The van der Waals surface area contributed by atoms with E-state index < -0.39 is 37.3 Å². The van der Waals surface area contributed by atoms with E-state index in [4.69, 9.17) is 9.84 Å². The summed E-state index contributed by atoms with van der Waals surface area (Å²) in [5, 5.41) is 40.2. The molecule has 1 unspecified atom stereocenters. The maximum Gasteiger partial charge on any atom is 0.178 e. The van der Waals surface area contributed by atoms with Gasteiger partial charge in [0.15, 0.2) is 12.1 Å². The van der Waals surface area contributed by atoms with Crippen molar-refractivity contribution in [1.82, 2.24) is 5.32 Å². The van der Waals surface area contributed by atoms with Gasteiger partial charge in [-0.3, -0.25) is 4.79 Å². The van der Waals surface area contributed by atoms with Crippen LogP contribution in [0, 0.1) is 0 Å². The molecule has 0 aromatic carbocycles. The molecule has 0 aromatic heterocycles. The topological polar surface area (TPSA) is 119 Å². The minimum atomic E-state index is -1.39. The van der Waals surface area contributed by atoms with Crippen LogP contribution in [0.4, 0.5) is 0 Å². The van der Waals surface area contributed by atoms with Crippen LogP contribution in [0.25, 0.3) is 0 Å². The van der Waals surface area contributed by atoms with Gasteiger partial charge in [-0.2, -0.15) is 0 Å². The lowest BCUT2D eigenvalue weighted by molar-refractivity contribution is -0.252. The fourth-order valence-corrected chi connectivity index (χ4v) is 1.55. The van der Waals surface area contributed by atoms with E-state index in [0.717, 1.165) is 0 Å². The Morgan fingerprint density at radius 1 is 1.35 bits per heavy atom. The van der Waals surface area contributed by atoms with Crippen LogP contribution in [0.1, 0.15) is 6.92 Å². The van der Waals surface area contributed by atoms with Gasteiger partial charge in [0.1, 0.15) is 24.4 Å². The lowest BCUT2D eigenvalue weighted by Gasteiger charge is -2.40. The first kappa shape index (κ1) is 14.1. The summed E-state index contributed by atoms with van der Waals surface area (Å²) in [5.74, 6) is -0.202. The molecule has 0 radical (unpaired) electrons. The van der Waals surface area contributed by atoms with Crippen LogP contribution in [-0.4, -0.2) is 63.5 Å². The highest BCUT2D eigenvalue weighted by molar-refractivity contribution is 5.87. The minimum absolute atomic E-state index is 0.202. The van der Waals surface area contributed by atoms with Gasteiger partial charge in [-0.25, -0.2) is 0 Å². The number of rotatable bonds is 4. The molecule has 1 aliphatic heterocycles. The Morgan fingerprint density at radius 3 is 2.53 bits per heavy atom. The summed E-state index contributed by atoms with van der Waals surface area (Å²) in [6.45, 7) is 0.838. The maximum atomic E-state index is 10.6. The van der Waals surface area contributed by atoms with Gasteiger partial charge in [-0.05, 0) is 13.0 Å². The van der Waals surface area contributed by atoms with Crippen molar-refractivity contribution in [2.75, 3.05) is 6.61 Å². The smallest absolute Gasteiger partial charge is 0.178 e. The van der Waals surface area contributed by atoms with Crippen molar-refractivity contribution in [3.8, 4) is 0 Å². The highest BCUT2D eigenvalue weighted by Gasteiger charge is 2.43. The van der Waals surface area contributed by atoms with Crippen molar-refractivity contribution in [2.24, 2.45) is 0 Å². The van der Waals surface area contributed by atoms with Crippen LogP contribution in [-0.2, 0) is 9.53 Å². The molecular formula is C10H17NO6. The molecule has 1 heterocycles. The zero-order valence-corrected chi connectivity index (χ0v) is 9.35. The predicted molar refractivity (Wildman–Crippen MR) is 56.7 cm³/mol. The van der Waals surface area contributed by atoms with Crippen molar-refractivity contribution >= 4 is 5.78 Å². The normalized spacial score (nSPS) is 38.3. The number of hydrogen-bond donors (Lipinski definition) is 5. The quantitative estimate of drug-likeness (QED) is 0.348. The lowest BCUT2D eigenvalue weighted by Crippen LogP contribution is -2.62. The van der Waals surface area contributed by atoms with E-state index in [1.54, 1.807) is 0 Å². The van der Waals surface area contributed by atoms with Gasteiger partial charge < -0.3 is 30.5 Å². The fourth-order valence-electron chi connectivity index (χ4n) is 1.55. The zero-order chi connectivity index (χ0) is 13.0. The summed E-state index contributed by atoms with van der Waals surface area (Å²) in [4.78, 5) is 10.6. The van der Waals surface area contributed by atoms with Crippen molar-refractivity contribution in [1.29, 1.82) is 0 Å². The summed E-state index contributed by atoms with van der Waals surface area (Å²) in [6.07, 6.45) is -2.57. The standard InChI is InChI=1S/C10H17NO6/c1-5(13)2-3-11-7-9(15)8(14)6(4-12)17-10(7)16/h2-3,6-12,14-16H,4H2,1H3/b3-2-/t6-,7-,8-,9-,10?/m1/s1. The third kappa shape index (κ3) is 3.48. The molecule has 1 rings (SSSR count). The van der Waals surface area contributed by atoms with Gasteiger partial charge in [-0.1, -0.05) is 0 Å². The molecule has 1 aliphatic rings. The molecular weight excluding hydrogens is 230 g/mol. The molecule has 7 heteroatoms. The Labute approximate surface area is 98.3 Å². The number of nitrogens with one attached hydrogen (secondary N) is 1. The summed E-state index contributed by atoms with van der Waals surface area (Å²) >= 11 is 0. The van der Waals surface area contributed by atoms with Crippen LogP contribution in [0.3, 0.4) is 0 Å². The zero-order valence-electron chi connectivity index (χ0n) is 9.35. The molecule has 1 fully saturated rings. The largest absolute Gasteiger partial charge is 0.394 e. The third-order valence-corrected chi connectivity index (χ3v) is 2.51. The van der Waals surface area contributed by atoms with E-state index in [2.05, 4.69) is 5.32 Å². The Morgan fingerprint density at radius 2 is 2.00 bits per heavy atom. The maximum absolute atomic E-state index is 10.6. The highest BCUT2D eigenvalue weighted by atomic mass is 16.6. The van der Waals surface area contributed by atoms with E-state index in [9.17, 15) is 20.1 Å². The average Bonchev–Trinajstić information content (AvgIpc) is 2.27. The van der Waals surface area contributed by atoms with Gasteiger partial charge in [0, 0.05) is 6.20 Å². The number of carbonyl (C=O) groups excluding carboxylic acids is 1. The number of aliphatic hydroxyl groups excluding tert-OH is 4. The second kappa shape index (κ2) is 6.08. The van der Waals surface area contributed by atoms with Crippen molar-refractivity contribution in [3.63, 3.8) is 0 Å². The van der Waals surface area contributed by atoms with E-state index in [-0.39, 0.29) is 5.78 Å². The molecule has 17 heavy (non-hydrogen) atoms. The number of hydrogen-bond acceptors (Lipinski definition) is 7. The molecule has 0 aromatic rings. The van der Waals surface area contributed by atoms with Crippen LogP contribution >= 0.6 is 0 Å². The average molecular weight is 247 g/mol. The summed E-state index contributed by atoms with van der Waals surface area (Å²) in [7, 11) is 0. The molecule has 0 bridgehead atoms. The molecule has 0 spiro atoms. The molecule has 0 saturated carbocycles. The second-order valence-corrected chi connectivity index (χ2v) is 3.87. The number of ketones is 1. The first-order valence-corrected chi connectivity index (χ1v) is 5.21. The van der Waals surface area contributed by atoms with E-state index in [1.165, 1.54) is 19.2 Å². The Balaban J connectivity index is 2.63. The summed E-state index contributed by atoms with van der Waals surface area (Å²) in [6, 6.07) is -0.969. The highest BCUT2D eigenvalue weighted by Crippen LogP contribution is 2.19. The lowest BCUT2D eigenvalue weighted by atomic mass is 9.97. The van der Waals surface area contributed by atoms with Crippen LogP contribution in [0.2, 0.25) is 0 Å². The number of aliphatic hydroxyl groups is 4. The molecule has 0 aliphatic carbocycles. The van der Waals surface area contributed by atoms with Gasteiger partial charge in [0.25, 0.3) is 0 Å². The number of ether oxygens (including phenoxy) is 1. The second-order valence-electron chi connectivity index (χ2n) is 3.87. The van der Waals surface area contributed by atoms with Crippen molar-refractivity contribution < 1.29 is 30.0 Å². The third-order valence-electron chi connectivity index (χ3n) is 2.51. The van der Waals surface area contributed by atoms with E-state index >= 15 is 0 Å². The Kier molecular flexibility index (Phi) is 5.03. The molecule has 7 nitrogen and oxygen atoms in total. The predicted octanol–water partition coefficient (Wildman–Crippen LogP) is -2.52. The Bertz CT molecular complexity index is 295. The van der Waals surface area contributed by atoms with Gasteiger partial charge >= 0.3 is 0 Å². The first-order valence-electron chi connectivity index (χ1n) is 5.21. The van der Waals surface area contributed by atoms with Crippen molar-refractivity contribution in [2.45, 2.75) is 37.6 Å². The van der Waals surface area contributed by atoms with Gasteiger partial charge in [0.05, 0.1) is 6.61 Å². The van der Waals surface area contributed by atoms with Crippen molar-refractivity contribution in [3.05, 3.63) is 12.3 Å². The van der Waals surface area contributed by atoms with Crippen LogP contribution < -0.4 is 5.32 Å². The first-order chi connectivity index (χ1) is 7.97. The summed E-state index contributed by atoms with van der Waals surface area (Å²) in [5.41, 5.74) is 0. The van der Waals surface area contributed by atoms with Gasteiger partial charge in [0.2, 0.25) is 0 Å². The molecule has 5 N–H and O–H groups in total. The number of allylic oxidation sites excluding steroid dienone is 1. The summed E-state index contributed by atoms with van der Waals surface area (Å²) < 4.78 is 4.90. The van der Waals surface area contributed by atoms with Crippen LogP contribution in [0.15, 0.2) is 12.3 Å². The molecule has 1 saturated heterocycles. The molecule has 0 amide bonds.